The molecule has 5 rings (SSSR count). The number of imidazole rings is 1. The van der Waals surface area contributed by atoms with Crippen LogP contribution in [-0.2, 0) is 6.54 Å². The van der Waals surface area contributed by atoms with Crippen molar-refractivity contribution < 1.29 is 0 Å². The minimum atomic E-state index is -0.142. The fourth-order valence-corrected chi connectivity index (χ4v) is 3.90. The van der Waals surface area contributed by atoms with Gasteiger partial charge < -0.3 is 4.57 Å². The Labute approximate surface area is 152 Å². The van der Waals surface area contributed by atoms with Gasteiger partial charge in [-0.2, -0.15) is 11.3 Å². The fraction of sp³-hybridized carbons (Fsp3) is 0.0500. The lowest BCUT2D eigenvalue weighted by Crippen LogP contribution is -2.19. The summed E-state index contributed by atoms with van der Waals surface area (Å²) in [6.07, 6.45) is 0. The van der Waals surface area contributed by atoms with Gasteiger partial charge in [0.15, 0.2) is 5.69 Å². The maximum Gasteiger partial charge on any atom is 0.286 e. The average Bonchev–Trinajstić information content (AvgIpc) is 3.31. The molecule has 0 atom stereocenters. The number of aromatic nitrogens is 4. The molecule has 3 aromatic heterocycles. The van der Waals surface area contributed by atoms with E-state index in [1.807, 2.05) is 63.9 Å². The molecule has 0 unspecified atom stereocenters. The van der Waals surface area contributed by atoms with Gasteiger partial charge in [0.25, 0.3) is 5.56 Å². The Morgan fingerprint density at radius 2 is 1.65 bits per heavy atom. The summed E-state index contributed by atoms with van der Waals surface area (Å²) in [5.41, 5.74) is 4.00. The highest BCUT2D eigenvalue weighted by molar-refractivity contribution is 7.08. The van der Waals surface area contributed by atoms with E-state index in [1.54, 1.807) is 4.40 Å². The van der Waals surface area contributed by atoms with E-state index in [9.17, 15) is 4.79 Å². The zero-order valence-corrected chi connectivity index (χ0v) is 14.6. The van der Waals surface area contributed by atoms with Crippen LogP contribution < -0.4 is 5.56 Å². The van der Waals surface area contributed by atoms with E-state index >= 15 is 0 Å². The summed E-state index contributed by atoms with van der Waals surface area (Å²) in [5, 5.41) is 12.5. The summed E-state index contributed by atoms with van der Waals surface area (Å²) >= 11 is 1.54. The summed E-state index contributed by atoms with van der Waals surface area (Å²) in [4.78, 5) is 13.2. The van der Waals surface area contributed by atoms with Gasteiger partial charge in [-0.3, -0.25) is 4.79 Å². The second-order valence-electron chi connectivity index (χ2n) is 6.06. The Morgan fingerprint density at radius 1 is 0.885 bits per heavy atom. The van der Waals surface area contributed by atoms with Crippen molar-refractivity contribution in [2.75, 3.05) is 0 Å². The first-order valence-electron chi connectivity index (χ1n) is 8.26. The van der Waals surface area contributed by atoms with Crippen molar-refractivity contribution in [2.45, 2.75) is 6.54 Å². The topological polar surface area (TPSA) is 52.2 Å². The average molecular weight is 358 g/mol. The van der Waals surface area contributed by atoms with Crippen molar-refractivity contribution in [2.24, 2.45) is 0 Å². The molecule has 0 fully saturated rings. The van der Waals surface area contributed by atoms with E-state index in [-0.39, 0.29) is 5.56 Å². The summed E-state index contributed by atoms with van der Waals surface area (Å²) in [7, 11) is 0. The smallest absolute Gasteiger partial charge is 0.286 e. The lowest BCUT2D eigenvalue weighted by atomic mass is 10.2. The number of hydrogen-bond acceptors (Lipinski definition) is 4. The van der Waals surface area contributed by atoms with Crippen LogP contribution in [0.25, 0.3) is 28.1 Å². The molecule has 0 bridgehead atoms. The Hall–Kier alpha value is -3.25. The van der Waals surface area contributed by atoms with Crippen LogP contribution >= 0.6 is 11.3 Å². The Bertz CT molecular complexity index is 1270. The molecule has 126 valence electrons. The van der Waals surface area contributed by atoms with E-state index < -0.39 is 0 Å². The van der Waals surface area contributed by atoms with Crippen molar-refractivity contribution in [3.63, 3.8) is 0 Å². The molecule has 0 saturated heterocycles. The van der Waals surface area contributed by atoms with Gasteiger partial charge in [-0.25, -0.2) is 4.40 Å². The summed E-state index contributed by atoms with van der Waals surface area (Å²) < 4.78 is 3.70. The predicted molar refractivity (Wildman–Crippen MR) is 104 cm³/mol. The molecule has 0 spiro atoms. The van der Waals surface area contributed by atoms with Crippen LogP contribution in [0.3, 0.4) is 0 Å². The molecule has 0 saturated carbocycles. The highest BCUT2D eigenvalue weighted by Crippen LogP contribution is 2.22. The molecule has 0 aliphatic heterocycles. The maximum absolute atomic E-state index is 13.2. The van der Waals surface area contributed by atoms with Gasteiger partial charge in [0.2, 0.25) is 5.78 Å². The lowest BCUT2D eigenvalue weighted by molar-refractivity contribution is 0.810. The Balaban J connectivity index is 1.82. The second-order valence-corrected chi connectivity index (χ2v) is 6.84. The largest absolute Gasteiger partial charge is 0.304 e. The molecule has 6 heteroatoms. The van der Waals surface area contributed by atoms with Crippen molar-refractivity contribution >= 4 is 28.1 Å². The van der Waals surface area contributed by atoms with Crippen LogP contribution in [0.1, 0.15) is 5.56 Å². The molecule has 2 aromatic carbocycles. The van der Waals surface area contributed by atoms with Gasteiger partial charge in [-0.05, 0) is 29.1 Å². The molecule has 5 nitrogen and oxygen atoms in total. The maximum atomic E-state index is 13.2. The minimum absolute atomic E-state index is 0.142. The number of rotatable bonds is 3. The van der Waals surface area contributed by atoms with Crippen LogP contribution in [0.4, 0.5) is 0 Å². The van der Waals surface area contributed by atoms with Crippen molar-refractivity contribution in [1.82, 2.24) is 19.2 Å². The summed E-state index contributed by atoms with van der Waals surface area (Å²) in [6.45, 7) is 0.629. The minimum Gasteiger partial charge on any atom is -0.304 e. The van der Waals surface area contributed by atoms with Gasteiger partial charge in [0.1, 0.15) is 0 Å². The van der Waals surface area contributed by atoms with Gasteiger partial charge in [-0.1, -0.05) is 42.5 Å². The third kappa shape index (κ3) is 2.27. The monoisotopic (exact) mass is 358 g/mol. The Kier molecular flexibility index (Phi) is 3.43. The molecule has 0 aliphatic carbocycles. The molecule has 0 N–H and O–H groups in total. The van der Waals surface area contributed by atoms with E-state index in [0.717, 1.165) is 22.2 Å². The van der Waals surface area contributed by atoms with Crippen LogP contribution in [-0.4, -0.2) is 19.2 Å². The number of hydrogen-bond donors (Lipinski definition) is 0. The number of fused-ring (bicyclic) bond motifs is 3. The normalized spacial score (nSPS) is 11.4. The van der Waals surface area contributed by atoms with Crippen LogP contribution in [0.15, 0.2) is 76.2 Å². The number of thiophene rings is 1. The number of para-hydroxylation sites is 2. The first kappa shape index (κ1) is 15.0. The van der Waals surface area contributed by atoms with Crippen LogP contribution in [0, 0.1) is 0 Å². The first-order valence-corrected chi connectivity index (χ1v) is 9.20. The third-order valence-corrected chi connectivity index (χ3v) is 5.16. The van der Waals surface area contributed by atoms with E-state index in [4.69, 9.17) is 0 Å². The van der Waals surface area contributed by atoms with Gasteiger partial charge in [0, 0.05) is 10.9 Å². The van der Waals surface area contributed by atoms with Crippen molar-refractivity contribution in [3.8, 4) is 11.3 Å². The zero-order valence-electron chi connectivity index (χ0n) is 13.7. The highest BCUT2D eigenvalue weighted by atomic mass is 32.1. The van der Waals surface area contributed by atoms with Gasteiger partial charge in [-0.15, -0.1) is 10.2 Å². The molecule has 0 radical (unpaired) electrons. The molecule has 0 aliphatic rings. The third-order valence-electron chi connectivity index (χ3n) is 4.48. The van der Waals surface area contributed by atoms with Gasteiger partial charge in [0.05, 0.1) is 17.6 Å². The van der Waals surface area contributed by atoms with Crippen LogP contribution in [0.2, 0.25) is 0 Å². The number of benzene rings is 2. The molecular weight excluding hydrogens is 344 g/mol. The zero-order chi connectivity index (χ0) is 17.5. The van der Waals surface area contributed by atoms with Crippen LogP contribution in [0.5, 0.6) is 0 Å². The van der Waals surface area contributed by atoms with E-state index in [1.165, 1.54) is 11.3 Å². The molecule has 0 amide bonds. The molecule has 3 heterocycles. The molecule has 26 heavy (non-hydrogen) atoms. The van der Waals surface area contributed by atoms with E-state index in [0.29, 0.717) is 18.0 Å². The van der Waals surface area contributed by atoms with E-state index in [2.05, 4.69) is 22.3 Å². The fourth-order valence-electron chi connectivity index (χ4n) is 3.26. The SMILES string of the molecule is O=c1c(-c2ccsc2)nnc2n(Cc3ccccc3)c3ccccc3n12. The highest BCUT2D eigenvalue weighted by Gasteiger charge is 2.17. The molecule has 5 aromatic rings. The Morgan fingerprint density at radius 3 is 2.42 bits per heavy atom. The summed E-state index contributed by atoms with van der Waals surface area (Å²) in [5.74, 6) is 0.555. The van der Waals surface area contributed by atoms with Crippen molar-refractivity contribution in [3.05, 3.63) is 87.3 Å². The first-order chi connectivity index (χ1) is 12.8. The summed E-state index contributed by atoms with van der Waals surface area (Å²) in [6, 6.07) is 19.9. The molecular formula is C20H14N4OS. The standard InChI is InChI=1S/C20H14N4OS/c25-19-18(15-10-11-26-13-15)21-22-20-23(12-14-6-2-1-3-7-14)16-8-4-5-9-17(16)24(19)20/h1-11,13H,12H2. The van der Waals surface area contributed by atoms with Gasteiger partial charge >= 0.3 is 0 Å². The number of nitrogens with zero attached hydrogens (tertiary/aromatic N) is 4. The lowest BCUT2D eigenvalue weighted by Gasteiger charge is -2.05. The quantitative estimate of drug-likeness (QED) is 0.493. The predicted octanol–water partition coefficient (Wildman–Crippen LogP) is 3.82. The van der Waals surface area contributed by atoms with Crippen molar-refractivity contribution in [1.29, 1.82) is 0 Å². The second kappa shape index (κ2) is 5.93.